The molecule has 0 saturated heterocycles. The summed E-state index contributed by atoms with van der Waals surface area (Å²) < 4.78 is 4.73. The highest BCUT2D eigenvalue weighted by atomic mass is 16.5. The van der Waals surface area contributed by atoms with Crippen LogP contribution < -0.4 is 0 Å². The molecule has 1 aromatic carbocycles. The highest BCUT2D eigenvalue weighted by Crippen LogP contribution is 2.35. The van der Waals surface area contributed by atoms with Crippen LogP contribution in [0.1, 0.15) is 53.1 Å². The van der Waals surface area contributed by atoms with Gasteiger partial charge in [-0.3, -0.25) is 0 Å². The SMILES string of the molecule is COC(=O)c1cc(CO)cc(C2CCCC2)c1. The summed E-state index contributed by atoms with van der Waals surface area (Å²) in [5, 5.41) is 9.23. The van der Waals surface area contributed by atoms with Crippen LogP contribution in [0.15, 0.2) is 18.2 Å². The van der Waals surface area contributed by atoms with Crippen LogP contribution in [0.2, 0.25) is 0 Å². The number of ether oxygens (including phenoxy) is 1. The molecule has 17 heavy (non-hydrogen) atoms. The number of carbonyl (C=O) groups excluding carboxylic acids is 1. The smallest absolute Gasteiger partial charge is 0.337 e. The fraction of sp³-hybridized carbons (Fsp3) is 0.500. The van der Waals surface area contributed by atoms with Gasteiger partial charge in [-0.1, -0.05) is 18.9 Å². The lowest BCUT2D eigenvalue weighted by atomic mass is 9.94. The van der Waals surface area contributed by atoms with Crippen molar-refractivity contribution in [3.63, 3.8) is 0 Å². The van der Waals surface area contributed by atoms with Crippen LogP contribution in [-0.4, -0.2) is 18.2 Å². The van der Waals surface area contributed by atoms with Crippen molar-refractivity contribution in [2.24, 2.45) is 0 Å². The maximum atomic E-state index is 11.5. The zero-order valence-electron chi connectivity index (χ0n) is 10.1. The molecule has 0 radical (unpaired) electrons. The summed E-state index contributed by atoms with van der Waals surface area (Å²) in [6.07, 6.45) is 4.86. The van der Waals surface area contributed by atoms with Crippen molar-refractivity contribution in [1.82, 2.24) is 0 Å². The highest BCUT2D eigenvalue weighted by molar-refractivity contribution is 5.89. The van der Waals surface area contributed by atoms with Crippen LogP contribution in [-0.2, 0) is 11.3 Å². The van der Waals surface area contributed by atoms with E-state index in [4.69, 9.17) is 4.74 Å². The quantitative estimate of drug-likeness (QED) is 0.818. The van der Waals surface area contributed by atoms with Crippen molar-refractivity contribution in [3.05, 3.63) is 34.9 Å². The van der Waals surface area contributed by atoms with E-state index >= 15 is 0 Å². The van der Waals surface area contributed by atoms with Gasteiger partial charge in [-0.2, -0.15) is 0 Å². The first-order valence-corrected chi connectivity index (χ1v) is 6.07. The maximum Gasteiger partial charge on any atom is 0.337 e. The largest absolute Gasteiger partial charge is 0.465 e. The zero-order valence-corrected chi connectivity index (χ0v) is 10.1. The Bertz CT molecular complexity index is 406. The van der Waals surface area contributed by atoms with E-state index in [-0.39, 0.29) is 12.6 Å². The summed E-state index contributed by atoms with van der Waals surface area (Å²) in [6, 6.07) is 5.60. The minimum absolute atomic E-state index is 0.0371. The van der Waals surface area contributed by atoms with Gasteiger partial charge < -0.3 is 9.84 Å². The van der Waals surface area contributed by atoms with Crippen LogP contribution in [0.3, 0.4) is 0 Å². The predicted octanol–water partition coefficient (Wildman–Crippen LogP) is 2.62. The first kappa shape index (κ1) is 12.1. The molecule has 1 aliphatic carbocycles. The van der Waals surface area contributed by atoms with E-state index in [2.05, 4.69) is 0 Å². The summed E-state index contributed by atoms with van der Waals surface area (Å²) in [6.45, 7) is -0.0371. The summed E-state index contributed by atoms with van der Waals surface area (Å²) in [7, 11) is 1.38. The Labute approximate surface area is 101 Å². The molecule has 0 aliphatic heterocycles. The van der Waals surface area contributed by atoms with Crippen LogP contribution in [0.4, 0.5) is 0 Å². The van der Waals surface area contributed by atoms with Crippen LogP contribution >= 0.6 is 0 Å². The normalized spacial score (nSPS) is 16.1. The maximum absolute atomic E-state index is 11.5. The highest BCUT2D eigenvalue weighted by Gasteiger charge is 2.19. The zero-order chi connectivity index (χ0) is 12.3. The molecule has 2 rings (SSSR count). The van der Waals surface area contributed by atoms with Crippen molar-refractivity contribution in [2.75, 3.05) is 7.11 Å². The van der Waals surface area contributed by atoms with Crippen LogP contribution in [0.5, 0.6) is 0 Å². The van der Waals surface area contributed by atoms with Gasteiger partial charge in [0.05, 0.1) is 19.3 Å². The molecule has 0 bridgehead atoms. The molecular weight excluding hydrogens is 216 g/mol. The number of benzene rings is 1. The fourth-order valence-corrected chi connectivity index (χ4v) is 2.54. The third-order valence-electron chi connectivity index (χ3n) is 3.45. The third kappa shape index (κ3) is 2.67. The monoisotopic (exact) mass is 234 g/mol. The number of rotatable bonds is 3. The molecule has 3 nitrogen and oxygen atoms in total. The van der Waals surface area contributed by atoms with Gasteiger partial charge in [0.1, 0.15) is 0 Å². The van der Waals surface area contributed by atoms with E-state index in [1.807, 2.05) is 12.1 Å². The number of methoxy groups -OCH3 is 1. The molecule has 1 N–H and O–H groups in total. The Balaban J connectivity index is 2.34. The Morgan fingerprint density at radius 2 is 2.06 bits per heavy atom. The second-order valence-corrected chi connectivity index (χ2v) is 4.59. The topological polar surface area (TPSA) is 46.5 Å². The first-order valence-electron chi connectivity index (χ1n) is 6.07. The van der Waals surface area contributed by atoms with E-state index < -0.39 is 0 Å². The number of aliphatic hydroxyl groups excluding tert-OH is 1. The molecule has 92 valence electrons. The number of hydrogen-bond acceptors (Lipinski definition) is 3. The van der Waals surface area contributed by atoms with Crippen molar-refractivity contribution in [2.45, 2.75) is 38.2 Å². The van der Waals surface area contributed by atoms with E-state index in [1.54, 1.807) is 6.07 Å². The van der Waals surface area contributed by atoms with Crippen molar-refractivity contribution < 1.29 is 14.6 Å². The molecule has 0 aromatic heterocycles. The molecule has 0 spiro atoms. The number of aliphatic hydroxyl groups is 1. The lowest BCUT2D eigenvalue weighted by Crippen LogP contribution is -2.05. The van der Waals surface area contributed by atoms with E-state index in [0.717, 1.165) is 11.1 Å². The minimum atomic E-state index is -0.334. The second kappa shape index (κ2) is 5.32. The standard InChI is InChI=1S/C14H18O3/c1-17-14(16)13-7-10(9-15)6-12(8-13)11-4-2-3-5-11/h6-8,11,15H,2-5,9H2,1H3. The molecule has 1 saturated carbocycles. The molecular formula is C14H18O3. The molecule has 1 fully saturated rings. The number of hydrogen-bond donors (Lipinski definition) is 1. The molecule has 1 aliphatic rings. The minimum Gasteiger partial charge on any atom is -0.465 e. The van der Waals surface area contributed by atoms with Gasteiger partial charge in [-0.05, 0) is 42.0 Å². The number of esters is 1. The molecule has 0 amide bonds. The first-order chi connectivity index (χ1) is 8.24. The second-order valence-electron chi connectivity index (χ2n) is 4.59. The molecule has 1 aromatic rings. The molecule has 0 heterocycles. The molecule has 0 unspecified atom stereocenters. The van der Waals surface area contributed by atoms with E-state index in [1.165, 1.54) is 32.8 Å². The molecule has 0 atom stereocenters. The van der Waals surface area contributed by atoms with E-state index in [9.17, 15) is 9.90 Å². The van der Waals surface area contributed by atoms with Crippen molar-refractivity contribution >= 4 is 5.97 Å². The van der Waals surface area contributed by atoms with E-state index in [0.29, 0.717) is 11.5 Å². The fourth-order valence-electron chi connectivity index (χ4n) is 2.54. The Hall–Kier alpha value is -1.35. The summed E-state index contributed by atoms with van der Waals surface area (Å²) in [4.78, 5) is 11.5. The third-order valence-corrected chi connectivity index (χ3v) is 3.45. The Morgan fingerprint density at radius 1 is 1.35 bits per heavy atom. The van der Waals surface area contributed by atoms with Gasteiger partial charge in [0.2, 0.25) is 0 Å². The average Bonchev–Trinajstić information content (AvgIpc) is 2.91. The lowest BCUT2D eigenvalue weighted by Gasteiger charge is -2.12. The summed E-state index contributed by atoms with van der Waals surface area (Å²) >= 11 is 0. The lowest BCUT2D eigenvalue weighted by molar-refractivity contribution is 0.0600. The van der Waals surface area contributed by atoms with Gasteiger partial charge >= 0.3 is 5.97 Å². The van der Waals surface area contributed by atoms with Crippen LogP contribution in [0.25, 0.3) is 0 Å². The van der Waals surface area contributed by atoms with Gasteiger partial charge in [0.15, 0.2) is 0 Å². The Morgan fingerprint density at radius 3 is 2.65 bits per heavy atom. The number of carbonyl (C=O) groups is 1. The van der Waals surface area contributed by atoms with Crippen molar-refractivity contribution in [1.29, 1.82) is 0 Å². The summed E-state index contributed by atoms with van der Waals surface area (Å²) in [5.74, 6) is 0.199. The van der Waals surface area contributed by atoms with Gasteiger partial charge in [0.25, 0.3) is 0 Å². The van der Waals surface area contributed by atoms with Gasteiger partial charge in [0, 0.05) is 0 Å². The average molecular weight is 234 g/mol. The van der Waals surface area contributed by atoms with Gasteiger partial charge in [-0.25, -0.2) is 4.79 Å². The van der Waals surface area contributed by atoms with Crippen LogP contribution in [0, 0.1) is 0 Å². The predicted molar refractivity (Wildman–Crippen MR) is 64.9 cm³/mol. The molecule has 3 heteroatoms. The Kier molecular flexibility index (Phi) is 3.79. The van der Waals surface area contributed by atoms with Gasteiger partial charge in [-0.15, -0.1) is 0 Å². The van der Waals surface area contributed by atoms with Crippen molar-refractivity contribution in [3.8, 4) is 0 Å². The summed E-state index contributed by atoms with van der Waals surface area (Å²) in [5.41, 5.74) is 2.49.